The molecule has 2 aliphatic rings. The highest BCUT2D eigenvalue weighted by Gasteiger charge is 2.38. The minimum Gasteiger partial charge on any atom is -0.444 e. The number of carbonyl (C=O) groups is 1. The third-order valence-electron chi connectivity index (χ3n) is 3.56. The van der Waals surface area contributed by atoms with Crippen LogP contribution >= 0.6 is 0 Å². The Kier molecular flexibility index (Phi) is 3.61. The summed E-state index contributed by atoms with van der Waals surface area (Å²) in [5, 5.41) is 3.43. The molecule has 2 saturated heterocycles. The summed E-state index contributed by atoms with van der Waals surface area (Å²) >= 11 is 0. The first-order chi connectivity index (χ1) is 7.96. The van der Waals surface area contributed by atoms with E-state index in [0.717, 1.165) is 32.1 Å². The van der Waals surface area contributed by atoms with Gasteiger partial charge in [0.1, 0.15) is 5.60 Å². The number of hydrogen-bond donors (Lipinski definition) is 1. The first-order valence-corrected chi connectivity index (χ1v) is 6.64. The third kappa shape index (κ3) is 3.35. The van der Waals surface area contributed by atoms with Gasteiger partial charge in [0.2, 0.25) is 0 Å². The first-order valence-electron chi connectivity index (χ1n) is 6.64. The Hall–Kier alpha value is -0.770. The van der Waals surface area contributed by atoms with Crippen LogP contribution in [0.5, 0.6) is 0 Å². The number of amides is 1. The molecule has 2 fully saturated rings. The Bertz CT molecular complexity index is 274. The van der Waals surface area contributed by atoms with Crippen molar-refractivity contribution in [3.63, 3.8) is 0 Å². The molecule has 2 heterocycles. The van der Waals surface area contributed by atoms with Gasteiger partial charge >= 0.3 is 6.09 Å². The topological polar surface area (TPSA) is 41.6 Å². The van der Waals surface area contributed by atoms with Gasteiger partial charge in [0.05, 0.1) is 0 Å². The molecule has 0 bridgehead atoms. The Balaban J connectivity index is 1.72. The maximum absolute atomic E-state index is 11.8. The molecule has 0 aromatic rings. The van der Waals surface area contributed by atoms with Crippen molar-refractivity contribution in [2.24, 2.45) is 11.8 Å². The summed E-state index contributed by atoms with van der Waals surface area (Å²) < 4.78 is 5.35. The molecule has 0 unspecified atom stereocenters. The summed E-state index contributed by atoms with van der Waals surface area (Å²) in [7, 11) is 0. The van der Waals surface area contributed by atoms with Crippen LogP contribution in [0, 0.1) is 11.8 Å². The van der Waals surface area contributed by atoms with Crippen molar-refractivity contribution in [1.82, 2.24) is 10.2 Å². The van der Waals surface area contributed by atoms with Crippen molar-refractivity contribution in [3.05, 3.63) is 0 Å². The van der Waals surface area contributed by atoms with Crippen LogP contribution in [0.1, 0.15) is 33.6 Å². The van der Waals surface area contributed by atoms with E-state index in [-0.39, 0.29) is 11.7 Å². The van der Waals surface area contributed by atoms with Crippen molar-refractivity contribution in [1.29, 1.82) is 0 Å². The van der Waals surface area contributed by atoms with E-state index in [0.29, 0.717) is 5.92 Å². The number of carbonyl (C=O) groups excluding carboxylic acids is 1. The molecule has 1 amide bonds. The van der Waals surface area contributed by atoms with Crippen LogP contribution in [0.15, 0.2) is 0 Å². The minimum absolute atomic E-state index is 0.155. The predicted octanol–water partition coefficient (Wildman–Crippen LogP) is 1.85. The quantitative estimate of drug-likeness (QED) is 0.760. The van der Waals surface area contributed by atoms with E-state index >= 15 is 0 Å². The van der Waals surface area contributed by atoms with Gasteiger partial charge in [-0.25, -0.2) is 4.79 Å². The molecule has 0 aromatic heterocycles. The molecule has 1 N–H and O–H groups in total. The van der Waals surface area contributed by atoms with Crippen LogP contribution in [0.3, 0.4) is 0 Å². The molecular weight excluding hydrogens is 216 g/mol. The smallest absolute Gasteiger partial charge is 0.410 e. The fourth-order valence-electron chi connectivity index (χ4n) is 2.57. The Morgan fingerprint density at radius 3 is 2.53 bits per heavy atom. The van der Waals surface area contributed by atoms with E-state index in [2.05, 4.69) is 5.32 Å². The Labute approximate surface area is 104 Å². The lowest BCUT2D eigenvalue weighted by Crippen LogP contribution is -2.55. The lowest BCUT2D eigenvalue weighted by atomic mass is 9.81. The van der Waals surface area contributed by atoms with E-state index in [4.69, 9.17) is 4.74 Å². The SMILES string of the molecule is CC(C)(C)OC(=O)N1CC([C@H]2CCCNC2)C1. The second-order valence-corrected chi connectivity index (χ2v) is 6.25. The van der Waals surface area contributed by atoms with Gasteiger partial charge in [-0.3, -0.25) is 0 Å². The maximum atomic E-state index is 11.8. The number of nitrogens with zero attached hydrogens (tertiary/aromatic N) is 1. The van der Waals surface area contributed by atoms with E-state index in [9.17, 15) is 4.79 Å². The molecular formula is C13H24N2O2. The Morgan fingerprint density at radius 2 is 2.00 bits per heavy atom. The number of nitrogens with one attached hydrogen (secondary N) is 1. The molecule has 17 heavy (non-hydrogen) atoms. The van der Waals surface area contributed by atoms with Gasteiger partial charge in [-0.2, -0.15) is 0 Å². The second-order valence-electron chi connectivity index (χ2n) is 6.25. The molecule has 0 aliphatic carbocycles. The van der Waals surface area contributed by atoms with Crippen molar-refractivity contribution in [2.45, 2.75) is 39.2 Å². The first kappa shape index (κ1) is 12.7. The lowest BCUT2D eigenvalue weighted by Gasteiger charge is -2.44. The largest absolute Gasteiger partial charge is 0.444 e. The highest BCUT2D eigenvalue weighted by atomic mass is 16.6. The molecule has 98 valence electrons. The highest BCUT2D eigenvalue weighted by molar-refractivity contribution is 5.69. The van der Waals surface area contributed by atoms with Crippen LogP contribution in [0.2, 0.25) is 0 Å². The summed E-state index contributed by atoms with van der Waals surface area (Å²) in [6.45, 7) is 9.75. The van der Waals surface area contributed by atoms with Gasteiger partial charge < -0.3 is 15.0 Å². The molecule has 0 saturated carbocycles. The van der Waals surface area contributed by atoms with Crippen LogP contribution in [-0.4, -0.2) is 42.8 Å². The summed E-state index contributed by atoms with van der Waals surface area (Å²) in [5.74, 6) is 1.43. The lowest BCUT2D eigenvalue weighted by molar-refractivity contribution is -0.0130. The molecule has 4 heteroatoms. The summed E-state index contributed by atoms with van der Waals surface area (Å²) in [6.07, 6.45) is 2.42. The average Bonchev–Trinajstić information content (AvgIpc) is 2.14. The van der Waals surface area contributed by atoms with E-state index in [1.807, 2.05) is 25.7 Å². The molecule has 4 nitrogen and oxygen atoms in total. The molecule has 0 spiro atoms. The third-order valence-corrected chi connectivity index (χ3v) is 3.56. The van der Waals surface area contributed by atoms with Crippen LogP contribution in [-0.2, 0) is 4.74 Å². The maximum Gasteiger partial charge on any atom is 0.410 e. The molecule has 2 rings (SSSR count). The zero-order valence-electron chi connectivity index (χ0n) is 11.2. The molecule has 0 radical (unpaired) electrons. The van der Waals surface area contributed by atoms with Crippen molar-refractivity contribution in [2.75, 3.05) is 26.2 Å². The van der Waals surface area contributed by atoms with Gasteiger partial charge in [-0.05, 0) is 58.5 Å². The number of hydrogen-bond acceptors (Lipinski definition) is 3. The normalized spacial score (nSPS) is 26.5. The van der Waals surface area contributed by atoms with E-state index < -0.39 is 0 Å². The summed E-state index contributed by atoms with van der Waals surface area (Å²) in [5.41, 5.74) is -0.380. The fourth-order valence-corrected chi connectivity index (χ4v) is 2.57. The molecule has 2 aliphatic heterocycles. The van der Waals surface area contributed by atoms with Crippen LogP contribution in [0.25, 0.3) is 0 Å². The zero-order chi connectivity index (χ0) is 12.5. The van der Waals surface area contributed by atoms with Crippen molar-refractivity contribution >= 4 is 6.09 Å². The highest BCUT2D eigenvalue weighted by Crippen LogP contribution is 2.29. The van der Waals surface area contributed by atoms with Gasteiger partial charge in [0.25, 0.3) is 0 Å². The zero-order valence-corrected chi connectivity index (χ0v) is 11.2. The van der Waals surface area contributed by atoms with Crippen molar-refractivity contribution < 1.29 is 9.53 Å². The van der Waals surface area contributed by atoms with Gasteiger partial charge in [0, 0.05) is 13.1 Å². The van der Waals surface area contributed by atoms with Crippen LogP contribution < -0.4 is 5.32 Å². The fraction of sp³-hybridized carbons (Fsp3) is 0.923. The monoisotopic (exact) mass is 240 g/mol. The molecule has 0 aromatic carbocycles. The second kappa shape index (κ2) is 4.84. The van der Waals surface area contributed by atoms with Crippen LogP contribution in [0.4, 0.5) is 4.79 Å². The standard InChI is InChI=1S/C13H24N2O2/c1-13(2,3)17-12(16)15-8-11(9-15)10-5-4-6-14-7-10/h10-11,14H,4-9H2,1-3H3/t10-/m0/s1. The summed E-state index contributed by atoms with van der Waals surface area (Å²) in [6, 6.07) is 0. The van der Waals surface area contributed by atoms with Crippen molar-refractivity contribution in [3.8, 4) is 0 Å². The summed E-state index contributed by atoms with van der Waals surface area (Å²) in [4.78, 5) is 13.6. The number of ether oxygens (including phenoxy) is 1. The van der Waals surface area contributed by atoms with E-state index in [1.165, 1.54) is 12.8 Å². The van der Waals surface area contributed by atoms with Gasteiger partial charge in [-0.15, -0.1) is 0 Å². The predicted molar refractivity (Wildman–Crippen MR) is 66.9 cm³/mol. The average molecular weight is 240 g/mol. The molecule has 1 atom stereocenters. The minimum atomic E-state index is -0.380. The number of rotatable bonds is 1. The Morgan fingerprint density at radius 1 is 1.29 bits per heavy atom. The van der Waals surface area contributed by atoms with Gasteiger partial charge in [-0.1, -0.05) is 0 Å². The van der Waals surface area contributed by atoms with E-state index in [1.54, 1.807) is 0 Å². The van der Waals surface area contributed by atoms with Gasteiger partial charge in [0.15, 0.2) is 0 Å². The number of piperidine rings is 1. The number of likely N-dealkylation sites (tertiary alicyclic amines) is 1.